The van der Waals surface area contributed by atoms with Crippen LogP contribution in [0.2, 0.25) is 5.02 Å². The Hall–Kier alpha value is -2.30. The van der Waals surface area contributed by atoms with Gasteiger partial charge in [0.05, 0.1) is 5.56 Å². The van der Waals surface area contributed by atoms with Crippen LogP contribution in [-0.4, -0.2) is 65.6 Å². The molecule has 4 aliphatic rings. The molecule has 0 aromatic heterocycles. The van der Waals surface area contributed by atoms with Gasteiger partial charge in [-0.25, -0.2) is 9.79 Å². The van der Waals surface area contributed by atoms with E-state index in [9.17, 15) is 18.0 Å². The summed E-state index contributed by atoms with van der Waals surface area (Å²) in [5.74, 6) is 1.42. The number of nitrogens with zero attached hydrogens (tertiary/aromatic N) is 4. The maximum atomic E-state index is 13.2. The number of carbonyl (C=O) groups is 1. The van der Waals surface area contributed by atoms with Crippen molar-refractivity contribution in [2.75, 3.05) is 33.0 Å². The maximum absolute atomic E-state index is 13.2. The third-order valence-electron chi connectivity index (χ3n) is 6.97. The molecule has 7 nitrogen and oxygen atoms in total. The van der Waals surface area contributed by atoms with Crippen molar-refractivity contribution in [1.82, 2.24) is 20.0 Å². The van der Waals surface area contributed by atoms with Crippen molar-refractivity contribution in [3.05, 3.63) is 46.4 Å². The van der Waals surface area contributed by atoms with Gasteiger partial charge in [0.15, 0.2) is 5.82 Å². The SMILES string of the molecule is CC1CN(Cc2cc(Cl)cc(C(F)(F)F)c2)CC1C1=NC2=CN(C3CCOCC3)CN2C(=O)N1. The number of carbonyl (C=O) groups excluding carboxylic acids is 1. The number of amidine groups is 1. The molecule has 0 bridgehead atoms. The highest BCUT2D eigenvalue weighted by Crippen LogP contribution is 2.34. The van der Waals surface area contributed by atoms with Gasteiger partial charge in [-0.3, -0.25) is 15.1 Å². The zero-order chi connectivity index (χ0) is 24.0. The highest BCUT2D eigenvalue weighted by molar-refractivity contribution is 6.30. The Morgan fingerprint density at radius 2 is 1.97 bits per heavy atom. The highest BCUT2D eigenvalue weighted by atomic mass is 35.5. The van der Waals surface area contributed by atoms with Crippen LogP contribution in [0.15, 0.2) is 35.2 Å². The summed E-state index contributed by atoms with van der Waals surface area (Å²) < 4.78 is 45.0. The number of rotatable bonds is 4. The van der Waals surface area contributed by atoms with Crippen LogP contribution in [0.1, 0.15) is 30.9 Å². The zero-order valence-electron chi connectivity index (χ0n) is 18.8. The van der Waals surface area contributed by atoms with Gasteiger partial charge < -0.3 is 9.64 Å². The van der Waals surface area contributed by atoms with Gasteiger partial charge in [0.25, 0.3) is 0 Å². The number of benzene rings is 1. The third kappa shape index (κ3) is 4.76. The van der Waals surface area contributed by atoms with Crippen LogP contribution in [0.4, 0.5) is 18.0 Å². The fourth-order valence-corrected chi connectivity index (χ4v) is 5.47. The molecule has 5 rings (SSSR count). The second-order valence-electron chi connectivity index (χ2n) is 9.47. The van der Waals surface area contributed by atoms with Gasteiger partial charge in [-0.05, 0) is 42.5 Å². The van der Waals surface area contributed by atoms with Gasteiger partial charge in [0.1, 0.15) is 12.5 Å². The molecule has 4 heterocycles. The van der Waals surface area contributed by atoms with E-state index in [4.69, 9.17) is 21.3 Å². The van der Waals surface area contributed by atoms with Gasteiger partial charge in [-0.1, -0.05) is 18.5 Å². The second kappa shape index (κ2) is 9.05. The third-order valence-corrected chi connectivity index (χ3v) is 7.19. The average Bonchev–Trinajstić information content (AvgIpc) is 3.37. The maximum Gasteiger partial charge on any atom is 0.416 e. The molecule has 4 aliphatic heterocycles. The molecule has 2 unspecified atom stereocenters. The minimum absolute atomic E-state index is 0.0228. The van der Waals surface area contributed by atoms with E-state index in [2.05, 4.69) is 22.0 Å². The lowest BCUT2D eigenvalue weighted by Gasteiger charge is -2.32. The summed E-state index contributed by atoms with van der Waals surface area (Å²) in [7, 11) is 0. The van der Waals surface area contributed by atoms with E-state index in [1.165, 1.54) is 0 Å². The first-order valence-corrected chi connectivity index (χ1v) is 11.9. The number of likely N-dealkylation sites (tertiary alicyclic amines) is 1. The number of amides is 2. The molecule has 0 aliphatic carbocycles. The molecule has 184 valence electrons. The van der Waals surface area contributed by atoms with Gasteiger partial charge in [0.2, 0.25) is 0 Å². The molecule has 34 heavy (non-hydrogen) atoms. The number of alkyl halides is 3. The molecule has 0 radical (unpaired) electrons. The van der Waals surface area contributed by atoms with Crippen molar-refractivity contribution < 1.29 is 22.7 Å². The standard InChI is InChI=1S/C23H27ClF3N5O2/c1-14-9-30(10-15-6-16(23(25,26)27)8-17(24)7-15)11-19(14)21-28-20-12-31(13-32(20)22(33)29-21)18-2-4-34-5-3-18/h6-8,12,14,18-19H,2-5,9-11,13H2,1H3,(H,28,29,33). The van der Waals surface area contributed by atoms with Crippen LogP contribution in [0, 0.1) is 11.8 Å². The largest absolute Gasteiger partial charge is 0.416 e. The molecule has 2 saturated heterocycles. The zero-order valence-corrected chi connectivity index (χ0v) is 19.6. The summed E-state index contributed by atoms with van der Waals surface area (Å²) in [4.78, 5) is 23.5. The molecular formula is C23H27ClF3N5O2. The first kappa shape index (κ1) is 23.4. The number of ether oxygens (including phenoxy) is 1. The second-order valence-corrected chi connectivity index (χ2v) is 9.90. The Balaban J connectivity index is 1.29. The van der Waals surface area contributed by atoms with Crippen molar-refractivity contribution >= 4 is 23.5 Å². The van der Waals surface area contributed by atoms with Crippen molar-refractivity contribution in [1.29, 1.82) is 0 Å². The predicted molar refractivity (Wildman–Crippen MR) is 121 cm³/mol. The normalized spacial score (nSPS) is 26.4. The summed E-state index contributed by atoms with van der Waals surface area (Å²) in [6.45, 7) is 5.61. The van der Waals surface area contributed by atoms with Gasteiger partial charge in [-0.2, -0.15) is 13.2 Å². The summed E-state index contributed by atoms with van der Waals surface area (Å²) in [5, 5.41) is 3.02. The molecular weight excluding hydrogens is 471 g/mol. The number of hydrogen-bond acceptors (Lipinski definition) is 5. The number of halogens is 4. The average molecular weight is 498 g/mol. The molecule has 1 aromatic carbocycles. The van der Waals surface area contributed by atoms with Crippen molar-refractivity contribution in [2.45, 2.75) is 38.5 Å². The molecule has 2 atom stereocenters. The number of nitrogens with one attached hydrogen (secondary N) is 1. The smallest absolute Gasteiger partial charge is 0.381 e. The van der Waals surface area contributed by atoms with E-state index in [1.54, 1.807) is 11.0 Å². The van der Waals surface area contributed by atoms with E-state index in [0.29, 0.717) is 49.6 Å². The lowest BCUT2D eigenvalue weighted by molar-refractivity contribution is -0.137. The molecule has 0 saturated carbocycles. The van der Waals surface area contributed by atoms with E-state index in [-0.39, 0.29) is 22.9 Å². The lowest BCUT2D eigenvalue weighted by atomic mass is 9.96. The monoisotopic (exact) mass is 497 g/mol. The first-order chi connectivity index (χ1) is 16.2. The first-order valence-electron chi connectivity index (χ1n) is 11.5. The van der Waals surface area contributed by atoms with Crippen LogP contribution >= 0.6 is 11.6 Å². The number of aliphatic imine (C=N–C) groups is 1. The number of fused-ring (bicyclic) bond motifs is 1. The summed E-state index contributed by atoms with van der Waals surface area (Å²) in [6, 6.07) is 3.80. The Morgan fingerprint density at radius 3 is 2.71 bits per heavy atom. The number of urea groups is 1. The topological polar surface area (TPSA) is 60.4 Å². The number of hydrogen-bond donors (Lipinski definition) is 1. The lowest BCUT2D eigenvalue weighted by Crippen LogP contribution is -2.50. The van der Waals surface area contributed by atoms with E-state index >= 15 is 0 Å². The predicted octanol–water partition coefficient (Wildman–Crippen LogP) is 4.10. The molecule has 2 amide bonds. The van der Waals surface area contributed by atoms with Crippen LogP contribution in [0.5, 0.6) is 0 Å². The molecule has 11 heteroatoms. The summed E-state index contributed by atoms with van der Waals surface area (Å²) in [6.07, 6.45) is -0.647. The quantitative estimate of drug-likeness (QED) is 0.680. The fourth-order valence-electron chi connectivity index (χ4n) is 5.21. The highest BCUT2D eigenvalue weighted by Gasteiger charge is 2.40. The van der Waals surface area contributed by atoms with Gasteiger partial charge in [-0.15, -0.1) is 0 Å². The molecule has 2 fully saturated rings. The van der Waals surface area contributed by atoms with Crippen LogP contribution in [0.25, 0.3) is 0 Å². The molecule has 0 spiro atoms. The Morgan fingerprint density at radius 1 is 1.21 bits per heavy atom. The van der Waals surface area contributed by atoms with Crippen molar-refractivity contribution in [3.8, 4) is 0 Å². The van der Waals surface area contributed by atoms with Gasteiger partial charge in [0, 0.05) is 56.0 Å². The van der Waals surface area contributed by atoms with Crippen LogP contribution < -0.4 is 5.32 Å². The van der Waals surface area contributed by atoms with E-state index in [1.807, 2.05) is 6.20 Å². The summed E-state index contributed by atoms with van der Waals surface area (Å²) in [5.41, 5.74) is -0.232. The Kier molecular flexibility index (Phi) is 6.24. The summed E-state index contributed by atoms with van der Waals surface area (Å²) >= 11 is 5.95. The molecule has 1 aromatic rings. The minimum atomic E-state index is -4.44. The Bertz CT molecular complexity index is 1020. The molecule has 1 N–H and O–H groups in total. The van der Waals surface area contributed by atoms with E-state index in [0.717, 1.165) is 38.2 Å². The minimum Gasteiger partial charge on any atom is -0.381 e. The van der Waals surface area contributed by atoms with Crippen LogP contribution in [-0.2, 0) is 17.5 Å². The van der Waals surface area contributed by atoms with Crippen LogP contribution in [0.3, 0.4) is 0 Å². The van der Waals surface area contributed by atoms with Gasteiger partial charge >= 0.3 is 12.2 Å². The Labute approximate surface area is 201 Å². The van der Waals surface area contributed by atoms with Crippen molar-refractivity contribution in [3.63, 3.8) is 0 Å². The fraction of sp³-hybridized carbons (Fsp3) is 0.565. The van der Waals surface area contributed by atoms with Crippen molar-refractivity contribution in [2.24, 2.45) is 16.8 Å². The van der Waals surface area contributed by atoms with E-state index < -0.39 is 11.7 Å².